The molecule has 2 aromatic heterocycles. The number of nitrogens with zero attached hydrogens (tertiary/aromatic N) is 2. The van der Waals surface area contributed by atoms with Crippen LogP contribution in [0.5, 0.6) is 11.5 Å². The lowest BCUT2D eigenvalue weighted by Gasteiger charge is -2.21. The lowest BCUT2D eigenvalue weighted by atomic mass is 9.89. The van der Waals surface area contributed by atoms with Crippen molar-refractivity contribution in [1.82, 2.24) is 9.97 Å². The molecule has 0 saturated heterocycles. The standard InChI is InChI=1S/C48H54N2O2/c1-3-5-7-9-11-13-15-21-31-51-47-35-25-19-17-23-33(35)45-41-37(47)27-29-39-43(41)44-40(49-45)30-28-38-42(44)46(50-39)34-24-18-20-26-36(34)48(38)52-32-22-16-14-12-10-8-6-4-2/h17-20,23-30H,3-16,21-22,31-32H2,1-2H3. The van der Waals surface area contributed by atoms with Crippen LogP contribution in [0.2, 0.25) is 0 Å². The Labute approximate surface area is 308 Å². The number of pyridine rings is 2. The monoisotopic (exact) mass is 690 g/mol. The predicted octanol–water partition coefficient (Wildman–Crippen LogP) is 14.5. The summed E-state index contributed by atoms with van der Waals surface area (Å²) in [6.45, 7) is 6.01. The van der Waals surface area contributed by atoms with E-state index in [1.807, 2.05) is 0 Å². The van der Waals surface area contributed by atoms with Crippen molar-refractivity contribution in [3.8, 4) is 11.5 Å². The predicted molar refractivity (Wildman–Crippen MR) is 223 cm³/mol. The normalized spacial score (nSPS) is 12.3. The molecular formula is C48H54N2O2. The number of ether oxygens (including phenoxy) is 2. The zero-order chi connectivity index (χ0) is 35.3. The molecule has 0 spiro atoms. The van der Waals surface area contributed by atoms with Crippen molar-refractivity contribution >= 4 is 75.9 Å². The molecule has 0 bridgehead atoms. The third-order valence-corrected chi connectivity index (χ3v) is 11.4. The van der Waals surface area contributed by atoms with Crippen LogP contribution < -0.4 is 9.47 Å². The summed E-state index contributed by atoms with van der Waals surface area (Å²) in [4.78, 5) is 10.9. The lowest BCUT2D eigenvalue weighted by Crippen LogP contribution is -2.02. The van der Waals surface area contributed by atoms with Crippen LogP contribution in [0.25, 0.3) is 75.9 Å². The van der Waals surface area contributed by atoms with Crippen LogP contribution >= 0.6 is 0 Å². The van der Waals surface area contributed by atoms with Gasteiger partial charge in [0.1, 0.15) is 11.5 Å². The van der Waals surface area contributed by atoms with E-state index in [2.05, 4.69) is 86.6 Å². The highest BCUT2D eigenvalue weighted by Gasteiger charge is 2.24. The molecule has 0 saturated carbocycles. The highest BCUT2D eigenvalue weighted by atomic mass is 16.5. The quantitative estimate of drug-likeness (QED) is 0.0454. The van der Waals surface area contributed by atoms with Crippen LogP contribution in [0.4, 0.5) is 0 Å². The molecule has 4 nitrogen and oxygen atoms in total. The first-order valence-corrected chi connectivity index (χ1v) is 20.5. The number of aromatic nitrogens is 2. The highest BCUT2D eigenvalue weighted by molar-refractivity contribution is 6.39. The largest absolute Gasteiger partial charge is 0.492 e. The first-order valence-electron chi connectivity index (χ1n) is 20.5. The summed E-state index contributed by atoms with van der Waals surface area (Å²) in [6, 6.07) is 26.2. The van der Waals surface area contributed by atoms with E-state index >= 15 is 0 Å². The van der Waals surface area contributed by atoms with Crippen LogP contribution in [-0.4, -0.2) is 23.2 Å². The summed E-state index contributed by atoms with van der Waals surface area (Å²) in [5, 5.41) is 11.5. The Bertz CT molecular complexity index is 2240. The SMILES string of the molecule is CCCCCCCCCCOc1c2ccccc2c2nc3ccc4c(OCCCCCCCCCC)c5ccccc5c5nc6ccc1c2c6c3c45. The second-order valence-electron chi connectivity index (χ2n) is 15.1. The van der Waals surface area contributed by atoms with Crippen molar-refractivity contribution in [3.05, 3.63) is 72.8 Å². The second-order valence-corrected chi connectivity index (χ2v) is 15.1. The molecule has 0 unspecified atom stereocenters. The molecule has 52 heavy (non-hydrogen) atoms. The maximum Gasteiger partial charge on any atom is 0.135 e. The van der Waals surface area contributed by atoms with Gasteiger partial charge in [0.15, 0.2) is 0 Å². The van der Waals surface area contributed by atoms with E-state index < -0.39 is 0 Å². The summed E-state index contributed by atoms with van der Waals surface area (Å²) in [5.74, 6) is 1.95. The zero-order valence-corrected chi connectivity index (χ0v) is 31.4. The Morgan fingerprint density at radius 1 is 0.365 bits per heavy atom. The van der Waals surface area contributed by atoms with Crippen molar-refractivity contribution in [2.24, 2.45) is 0 Å². The summed E-state index contributed by atoms with van der Waals surface area (Å²) < 4.78 is 13.5. The maximum atomic E-state index is 6.77. The fraction of sp³-hybridized carbons (Fsp3) is 0.417. The molecule has 0 N–H and O–H groups in total. The Morgan fingerprint density at radius 3 is 1.13 bits per heavy atom. The van der Waals surface area contributed by atoms with Gasteiger partial charge in [0, 0.05) is 53.9 Å². The molecule has 6 aromatic carbocycles. The molecule has 0 aliphatic rings. The zero-order valence-electron chi connectivity index (χ0n) is 31.4. The van der Waals surface area contributed by atoms with Crippen LogP contribution in [0.15, 0.2) is 72.8 Å². The van der Waals surface area contributed by atoms with Crippen LogP contribution in [-0.2, 0) is 0 Å². The van der Waals surface area contributed by atoms with E-state index in [0.29, 0.717) is 0 Å². The summed E-state index contributed by atoms with van der Waals surface area (Å²) in [7, 11) is 0. The molecule has 4 heteroatoms. The van der Waals surface area contributed by atoms with Crippen LogP contribution in [0.3, 0.4) is 0 Å². The van der Waals surface area contributed by atoms with Gasteiger partial charge in [-0.2, -0.15) is 0 Å². The molecule has 0 atom stereocenters. The first kappa shape index (κ1) is 34.6. The minimum Gasteiger partial charge on any atom is -0.492 e. The van der Waals surface area contributed by atoms with Crippen LogP contribution in [0, 0.1) is 0 Å². The first-order chi connectivity index (χ1) is 25.8. The number of hydrogen-bond acceptors (Lipinski definition) is 4. The number of benzene rings is 6. The van der Waals surface area contributed by atoms with Gasteiger partial charge in [0.05, 0.1) is 35.3 Å². The van der Waals surface area contributed by atoms with E-state index in [0.717, 1.165) is 103 Å². The summed E-state index contributed by atoms with van der Waals surface area (Å²) in [5.41, 5.74) is 4.07. The molecule has 0 aliphatic heterocycles. The van der Waals surface area contributed by atoms with Gasteiger partial charge >= 0.3 is 0 Å². The molecule has 8 aromatic rings. The van der Waals surface area contributed by atoms with Crippen molar-refractivity contribution in [3.63, 3.8) is 0 Å². The fourth-order valence-electron chi connectivity index (χ4n) is 8.69. The van der Waals surface area contributed by atoms with E-state index in [1.165, 1.54) is 101 Å². The minimum absolute atomic E-state index is 0.723. The van der Waals surface area contributed by atoms with Gasteiger partial charge in [-0.05, 0) is 37.1 Å². The molecule has 0 radical (unpaired) electrons. The topological polar surface area (TPSA) is 44.2 Å². The average Bonchev–Trinajstić information content (AvgIpc) is 3.18. The minimum atomic E-state index is 0.723. The number of unbranched alkanes of at least 4 members (excludes halogenated alkanes) is 14. The van der Waals surface area contributed by atoms with Gasteiger partial charge in [0.2, 0.25) is 0 Å². The smallest absolute Gasteiger partial charge is 0.135 e. The maximum absolute atomic E-state index is 6.77. The van der Waals surface area contributed by atoms with Gasteiger partial charge in [0.25, 0.3) is 0 Å². The highest BCUT2D eigenvalue weighted by Crippen LogP contribution is 2.49. The van der Waals surface area contributed by atoms with Crippen molar-refractivity contribution in [2.45, 2.75) is 117 Å². The molecular weight excluding hydrogens is 637 g/mol. The molecule has 2 heterocycles. The summed E-state index contributed by atoms with van der Waals surface area (Å²) in [6.07, 6.45) is 20.5. The summed E-state index contributed by atoms with van der Waals surface area (Å²) >= 11 is 0. The Hall–Kier alpha value is -4.44. The van der Waals surface area contributed by atoms with Gasteiger partial charge in [-0.15, -0.1) is 0 Å². The van der Waals surface area contributed by atoms with Gasteiger partial charge < -0.3 is 9.47 Å². The number of fused-ring (bicyclic) bond motifs is 4. The van der Waals surface area contributed by atoms with Gasteiger partial charge in [-0.3, -0.25) is 0 Å². The third-order valence-electron chi connectivity index (χ3n) is 11.4. The van der Waals surface area contributed by atoms with E-state index in [1.54, 1.807) is 0 Å². The van der Waals surface area contributed by atoms with Crippen LogP contribution in [0.1, 0.15) is 117 Å². The second kappa shape index (κ2) is 16.1. The average molecular weight is 691 g/mol. The van der Waals surface area contributed by atoms with E-state index in [-0.39, 0.29) is 0 Å². The van der Waals surface area contributed by atoms with E-state index in [9.17, 15) is 0 Å². The Kier molecular flexibility index (Phi) is 10.7. The molecule has 0 amide bonds. The van der Waals surface area contributed by atoms with Crippen molar-refractivity contribution < 1.29 is 9.47 Å². The van der Waals surface area contributed by atoms with Crippen molar-refractivity contribution in [1.29, 1.82) is 0 Å². The molecule has 8 rings (SSSR count). The number of rotatable bonds is 20. The van der Waals surface area contributed by atoms with E-state index in [4.69, 9.17) is 19.4 Å². The Balaban J connectivity index is 1.18. The Morgan fingerprint density at radius 2 is 0.731 bits per heavy atom. The van der Waals surface area contributed by atoms with Gasteiger partial charge in [-0.25, -0.2) is 9.97 Å². The molecule has 0 fully saturated rings. The number of hydrogen-bond donors (Lipinski definition) is 0. The molecule has 0 aliphatic carbocycles. The lowest BCUT2D eigenvalue weighted by molar-refractivity contribution is 0.311. The van der Waals surface area contributed by atoms with Gasteiger partial charge in [-0.1, -0.05) is 152 Å². The third kappa shape index (κ3) is 6.55. The fourth-order valence-corrected chi connectivity index (χ4v) is 8.69. The van der Waals surface area contributed by atoms with Crippen molar-refractivity contribution in [2.75, 3.05) is 13.2 Å². The molecule has 268 valence electrons.